The minimum atomic E-state index is -0.102. The number of halogens is 2. The van der Waals surface area contributed by atoms with E-state index in [0.29, 0.717) is 18.1 Å². The molecule has 0 saturated heterocycles. The number of nitrogens with one attached hydrogen (secondary N) is 1. The normalized spacial score (nSPS) is 13.9. The Morgan fingerprint density at radius 2 is 1.97 bits per heavy atom. The summed E-state index contributed by atoms with van der Waals surface area (Å²) >= 11 is 7.04. The summed E-state index contributed by atoms with van der Waals surface area (Å²) in [4.78, 5) is 27.0. The van der Waals surface area contributed by atoms with Crippen LogP contribution in [0.15, 0.2) is 73.1 Å². The lowest BCUT2D eigenvalue weighted by molar-refractivity contribution is 0.241. The molecule has 3 aromatic heterocycles. The molecule has 0 spiro atoms. The largest absolute Gasteiger partial charge is 0.461 e. The molecule has 0 bridgehead atoms. The summed E-state index contributed by atoms with van der Waals surface area (Å²) < 4.78 is 7.37. The molecule has 6 nitrogen and oxygen atoms in total. The first-order valence-electron chi connectivity index (χ1n) is 9.85. The highest BCUT2D eigenvalue weighted by Gasteiger charge is 2.22. The van der Waals surface area contributed by atoms with Crippen molar-refractivity contribution in [1.82, 2.24) is 19.9 Å². The maximum absolute atomic E-state index is 12.7. The Bertz CT molecular complexity index is 1260. The van der Waals surface area contributed by atoms with E-state index in [2.05, 4.69) is 57.8 Å². The first kappa shape index (κ1) is 20.4. The fourth-order valence-corrected chi connectivity index (χ4v) is 5.09. The van der Waals surface area contributed by atoms with Gasteiger partial charge in [-0.1, -0.05) is 37.9 Å². The maximum atomic E-state index is 12.7. The monoisotopic (exact) mass is 540 g/mol. The van der Waals surface area contributed by atoms with Crippen LogP contribution in [0.5, 0.6) is 0 Å². The molecule has 4 aromatic rings. The molecule has 156 valence electrons. The van der Waals surface area contributed by atoms with E-state index in [0.717, 1.165) is 56.5 Å². The van der Waals surface area contributed by atoms with Gasteiger partial charge in [0.1, 0.15) is 0 Å². The van der Waals surface area contributed by atoms with Gasteiger partial charge in [-0.3, -0.25) is 14.7 Å². The summed E-state index contributed by atoms with van der Waals surface area (Å²) in [5.41, 5.74) is 4.54. The SMILES string of the molecule is O=c1[nH]c(-c2ccco2)nc2c1CN(Cc1ccc(-c3cc(Br)cc(Br)c3)nc1)CC2. The molecule has 0 atom stereocenters. The zero-order valence-corrected chi connectivity index (χ0v) is 19.6. The molecule has 1 N–H and O–H groups in total. The van der Waals surface area contributed by atoms with Crippen molar-refractivity contribution in [2.75, 3.05) is 6.54 Å². The molecule has 4 heterocycles. The van der Waals surface area contributed by atoms with Gasteiger partial charge in [0.05, 0.1) is 23.2 Å². The van der Waals surface area contributed by atoms with Gasteiger partial charge in [0.15, 0.2) is 11.6 Å². The van der Waals surface area contributed by atoms with Crippen molar-refractivity contribution in [1.29, 1.82) is 0 Å². The van der Waals surface area contributed by atoms with E-state index < -0.39 is 0 Å². The van der Waals surface area contributed by atoms with Crippen LogP contribution in [-0.4, -0.2) is 26.4 Å². The first-order chi connectivity index (χ1) is 15.0. The quantitative estimate of drug-likeness (QED) is 0.385. The van der Waals surface area contributed by atoms with Crippen LogP contribution in [0.4, 0.5) is 0 Å². The topological polar surface area (TPSA) is 75.0 Å². The number of nitrogens with zero attached hydrogens (tertiary/aromatic N) is 3. The lowest BCUT2D eigenvalue weighted by Gasteiger charge is -2.27. The van der Waals surface area contributed by atoms with Crippen LogP contribution in [0.25, 0.3) is 22.8 Å². The van der Waals surface area contributed by atoms with Crippen LogP contribution < -0.4 is 5.56 Å². The van der Waals surface area contributed by atoms with Crippen molar-refractivity contribution in [3.05, 3.63) is 91.0 Å². The van der Waals surface area contributed by atoms with E-state index in [1.165, 1.54) is 0 Å². The van der Waals surface area contributed by atoms with Gasteiger partial charge in [0.2, 0.25) is 0 Å². The van der Waals surface area contributed by atoms with E-state index >= 15 is 0 Å². The lowest BCUT2D eigenvalue weighted by atomic mass is 10.1. The summed E-state index contributed by atoms with van der Waals surface area (Å²) in [5.74, 6) is 1.06. The number of H-pyrrole nitrogens is 1. The summed E-state index contributed by atoms with van der Waals surface area (Å²) in [6, 6.07) is 13.8. The Labute approximate surface area is 195 Å². The zero-order valence-electron chi connectivity index (χ0n) is 16.4. The van der Waals surface area contributed by atoms with E-state index in [1.807, 2.05) is 30.5 Å². The highest BCUT2D eigenvalue weighted by molar-refractivity contribution is 9.11. The Balaban J connectivity index is 1.32. The molecule has 1 aromatic carbocycles. The maximum Gasteiger partial charge on any atom is 0.256 e. The van der Waals surface area contributed by atoms with Gasteiger partial charge in [-0.15, -0.1) is 0 Å². The number of furan rings is 1. The average molecular weight is 542 g/mol. The van der Waals surface area contributed by atoms with Crippen molar-refractivity contribution in [3.63, 3.8) is 0 Å². The van der Waals surface area contributed by atoms with Crippen LogP contribution in [-0.2, 0) is 19.5 Å². The number of fused-ring (bicyclic) bond motifs is 1. The molecular weight excluding hydrogens is 524 g/mol. The Morgan fingerprint density at radius 1 is 1.13 bits per heavy atom. The average Bonchev–Trinajstić information content (AvgIpc) is 3.29. The number of hydrogen-bond donors (Lipinski definition) is 1. The summed E-state index contributed by atoms with van der Waals surface area (Å²) in [7, 11) is 0. The van der Waals surface area contributed by atoms with Crippen LogP contribution in [0.3, 0.4) is 0 Å². The number of hydrogen-bond acceptors (Lipinski definition) is 5. The molecular formula is C23H18Br2N4O2. The van der Waals surface area contributed by atoms with Gasteiger partial charge in [-0.2, -0.15) is 0 Å². The zero-order chi connectivity index (χ0) is 21.4. The molecule has 5 rings (SSSR count). The number of aromatic amines is 1. The van der Waals surface area contributed by atoms with Gasteiger partial charge >= 0.3 is 0 Å². The van der Waals surface area contributed by atoms with E-state index in [-0.39, 0.29) is 5.56 Å². The van der Waals surface area contributed by atoms with Crippen LogP contribution in [0.1, 0.15) is 16.8 Å². The molecule has 0 saturated carbocycles. The molecule has 1 aliphatic heterocycles. The number of pyridine rings is 1. The third-order valence-corrected chi connectivity index (χ3v) is 6.21. The smallest absolute Gasteiger partial charge is 0.256 e. The van der Waals surface area contributed by atoms with Crippen molar-refractivity contribution in [2.24, 2.45) is 0 Å². The van der Waals surface area contributed by atoms with Gasteiger partial charge in [0.25, 0.3) is 5.56 Å². The van der Waals surface area contributed by atoms with E-state index in [9.17, 15) is 4.79 Å². The number of rotatable bonds is 4. The number of aromatic nitrogens is 3. The Morgan fingerprint density at radius 3 is 2.68 bits per heavy atom. The minimum Gasteiger partial charge on any atom is -0.461 e. The van der Waals surface area contributed by atoms with Crippen LogP contribution >= 0.6 is 31.9 Å². The second kappa shape index (κ2) is 8.53. The van der Waals surface area contributed by atoms with Gasteiger partial charge in [-0.25, -0.2) is 4.98 Å². The predicted octanol–water partition coefficient (Wildman–Crippen LogP) is 5.18. The van der Waals surface area contributed by atoms with Crippen LogP contribution in [0.2, 0.25) is 0 Å². The molecule has 0 radical (unpaired) electrons. The summed E-state index contributed by atoms with van der Waals surface area (Å²) in [5, 5.41) is 0. The van der Waals surface area contributed by atoms with Gasteiger partial charge < -0.3 is 9.40 Å². The highest BCUT2D eigenvalue weighted by atomic mass is 79.9. The van der Waals surface area contributed by atoms with E-state index in [4.69, 9.17) is 4.42 Å². The standard InChI is InChI=1S/C23H18Br2N4O2/c24-16-8-15(9-17(25)10-16)19-4-3-14(11-26-19)12-29-6-5-20-18(13-29)23(30)28-22(27-20)21-2-1-7-31-21/h1-4,7-11H,5-6,12-13H2,(H,27,28,30). The van der Waals surface area contributed by atoms with Crippen molar-refractivity contribution in [2.45, 2.75) is 19.5 Å². The Kier molecular flexibility index (Phi) is 5.60. The number of benzene rings is 1. The fraction of sp³-hybridized carbons (Fsp3) is 0.174. The molecule has 8 heteroatoms. The van der Waals surface area contributed by atoms with E-state index in [1.54, 1.807) is 18.4 Å². The molecule has 0 aliphatic carbocycles. The first-order valence-corrected chi connectivity index (χ1v) is 11.4. The minimum absolute atomic E-state index is 0.102. The fourth-order valence-electron chi connectivity index (χ4n) is 3.79. The van der Waals surface area contributed by atoms with Crippen molar-refractivity contribution in [3.8, 4) is 22.8 Å². The summed E-state index contributed by atoms with van der Waals surface area (Å²) in [6.07, 6.45) is 4.21. The third kappa shape index (κ3) is 4.42. The molecule has 31 heavy (non-hydrogen) atoms. The molecule has 0 fully saturated rings. The second-order valence-corrected chi connectivity index (χ2v) is 9.32. The van der Waals surface area contributed by atoms with Crippen molar-refractivity contribution < 1.29 is 4.42 Å². The van der Waals surface area contributed by atoms with Gasteiger partial charge in [0, 0.05) is 46.8 Å². The third-order valence-electron chi connectivity index (χ3n) is 5.29. The lowest BCUT2D eigenvalue weighted by Crippen LogP contribution is -2.35. The summed E-state index contributed by atoms with van der Waals surface area (Å²) in [6.45, 7) is 2.13. The predicted molar refractivity (Wildman–Crippen MR) is 125 cm³/mol. The molecule has 0 amide bonds. The molecule has 1 aliphatic rings. The second-order valence-electron chi connectivity index (χ2n) is 7.49. The Hall–Kier alpha value is -2.55. The highest BCUT2D eigenvalue weighted by Crippen LogP contribution is 2.27. The van der Waals surface area contributed by atoms with Crippen molar-refractivity contribution >= 4 is 31.9 Å². The van der Waals surface area contributed by atoms with Crippen LogP contribution in [0, 0.1) is 0 Å². The molecule has 0 unspecified atom stereocenters. The van der Waals surface area contributed by atoms with Gasteiger partial charge in [-0.05, 0) is 42.0 Å².